The van der Waals surface area contributed by atoms with Crippen molar-refractivity contribution in [2.75, 3.05) is 13.1 Å². The molecular formula is C12H14FNO4S. The van der Waals surface area contributed by atoms with Gasteiger partial charge in [0.15, 0.2) is 0 Å². The maximum atomic E-state index is 13.0. The monoisotopic (exact) mass is 287 g/mol. The Morgan fingerprint density at radius 1 is 1.47 bits per heavy atom. The number of hydrogen-bond donors (Lipinski definition) is 1. The summed E-state index contributed by atoms with van der Waals surface area (Å²) in [6.07, 6.45) is 0.300. The third-order valence-electron chi connectivity index (χ3n) is 3.26. The zero-order valence-corrected chi connectivity index (χ0v) is 11.2. The minimum Gasteiger partial charge on any atom is -0.481 e. The molecule has 2 rings (SSSR count). The van der Waals surface area contributed by atoms with Crippen molar-refractivity contribution in [3.05, 3.63) is 29.6 Å². The quantitative estimate of drug-likeness (QED) is 0.907. The number of carbonyl (C=O) groups is 1. The van der Waals surface area contributed by atoms with Gasteiger partial charge in [-0.15, -0.1) is 0 Å². The van der Waals surface area contributed by atoms with E-state index < -0.39 is 27.7 Å². The average Bonchev–Trinajstić information content (AvgIpc) is 2.78. The first-order valence-electron chi connectivity index (χ1n) is 5.81. The fourth-order valence-electron chi connectivity index (χ4n) is 2.19. The van der Waals surface area contributed by atoms with Gasteiger partial charge in [0.05, 0.1) is 10.8 Å². The molecule has 0 bridgehead atoms. The van der Waals surface area contributed by atoms with Gasteiger partial charge in [-0.3, -0.25) is 4.79 Å². The van der Waals surface area contributed by atoms with Gasteiger partial charge in [-0.2, -0.15) is 4.31 Å². The molecule has 1 heterocycles. The molecule has 1 aromatic carbocycles. The lowest BCUT2D eigenvalue weighted by Crippen LogP contribution is -2.30. The summed E-state index contributed by atoms with van der Waals surface area (Å²) in [5.41, 5.74) is 0.318. The number of carboxylic acid groups (broad SMARTS) is 1. The molecule has 104 valence electrons. The summed E-state index contributed by atoms with van der Waals surface area (Å²) in [7, 11) is -3.75. The van der Waals surface area contributed by atoms with Crippen LogP contribution in [0.2, 0.25) is 0 Å². The topological polar surface area (TPSA) is 74.7 Å². The third-order valence-corrected chi connectivity index (χ3v) is 5.28. The van der Waals surface area contributed by atoms with Crippen LogP contribution >= 0.6 is 0 Å². The van der Waals surface area contributed by atoms with E-state index in [-0.39, 0.29) is 18.0 Å². The van der Waals surface area contributed by atoms with Gasteiger partial charge in [0, 0.05) is 13.1 Å². The van der Waals surface area contributed by atoms with E-state index in [2.05, 4.69) is 0 Å². The first-order valence-corrected chi connectivity index (χ1v) is 7.25. The van der Waals surface area contributed by atoms with E-state index in [0.29, 0.717) is 12.0 Å². The molecule has 0 unspecified atom stereocenters. The highest BCUT2D eigenvalue weighted by molar-refractivity contribution is 7.89. The Kier molecular flexibility index (Phi) is 3.60. The van der Waals surface area contributed by atoms with Gasteiger partial charge in [0.2, 0.25) is 10.0 Å². The number of rotatable bonds is 3. The van der Waals surface area contributed by atoms with Crippen molar-refractivity contribution in [2.45, 2.75) is 18.2 Å². The second-order valence-corrected chi connectivity index (χ2v) is 6.50. The number of nitrogens with zero attached hydrogens (tertiary/aromatic N) is 1. The Bertz CT molecular complexity index is 614. The van der Waals surface area contributed by atoms with Crippen molar-refractivity contribution in [2.24, 2.45) is 5.92 Å². The number of aliphatic carboxylic acids is 1. The van der Waals surface area contributed by atoms with Gasteiger partial charge >= 0.3 is 5.97 Å². The second kappa shape index (κ2) is 4.90. The van der Waals surface area contributed by atoms with E-state index in [0.717, 1.165) is 16.4 Å². The molecule has 1 aliphatic rings. The van der Waals surface area contributed by atoms with Crippen molar-refractivity contribution < 1.29 is 22.7 Å². The molecule has 1 aromatic rings. The number of halogens is 1. The van der Waals surface area contributed by atoms with Crippen LogP contribution in [0.1, 0.15) is 12.0 Å². The van der Waals surface area contributed by atoms with Crippen molar-refractivity contribution in [3.63, 3.8) is 0 Å². The normalized spacial score (nSPS) is 20.6. The van der Waals surface area contributed by atoms with Gasteiger partial charge in [-0.1, -0.05) is 0 Å². The van der Waals surface area contributed by atoms with E-state index >= 15 is 0 Å². The zero-order valence-electron chi connectivity index (χ0n) is 10.3. The summed E-state index contributed by atoms with van der Waals surface area (Å²) in [4.78, 5) is 10.9. The number of aryl methyl sites for hydroxylation is 1. The average molecular weight is 287 g/mol. The Balaban J connectivity index is 2.31. The third kappa shape index (κ3) is 2.62. The summed E-state index contributed by atoms with van der Waals surface area (Å²) in [6, 6.07) is 3.45. The summed E-state index contributed by atoms with van der Waals surface area (Å²) in [5, 5.41) is 8.89. The standard InChI is InChI=1S/C12H14FNO4S/c1-8-6-10(13)2-3-11(8)19(17,18)14-5-4-9(7-14)12(15)16/h2-3,6,9H,4-5,7H2,1H3,(H,15,16)/t9-/m0/s1. The molecule has 1 saturated heterocycles. The fourth-order valence-corrected chi connectivity index (χ4v) is 3.90. The molecule has 0 aliphatic carbocycles. The van der Waals surface area contributed by atoms with Gasteiger partial charge in [-0.05, 0) is 37.1 Å². The van der Waals surface area contributed by atoms with Crippen molar-refractivity contribution in [1.29, 1.82) is 0 Å². The molecule has 7 heteroatoms. The van der Waals surface area contributed by atoms with Crippen LogP contribution < -0.4 is 0 Å². The number of sulfonamides is 1. The zero-order chi connectivity index (χ0) is 14.2. The van der Waals surface area contributed by atoms with Crippen LogP contribution in [0, 0.1) is 18.7 Å². The van der Waals surface area contributed by atoms with Crippen LogP contribution in [-0.4, -0.2) is 36.9 Å². The molecule has 1 N–H and O–H groups in total. The maximum absolute atomic E-state index is 13.0. The van der Waals surface area contributed by atoms with Crippen molar-refractivity contribution >= 4 is 16.0 Å². The van der Waals surface area contributed by atoms with Crippen LogP contribution in [0.5, 0.6) is 0 Å². The van der Waals surface area contributed by atoms with Gasteiger partial charge in [0.1, 0.15) is 5.82 Å². The van der Waals surface area contributed by atoms with Gasteiger partial charge in [0.25, 0.3) is 0 Å². The van der Waals surface area contributed by atoms with E-state index in [9.17, 15) is 17.6 Å². The summed E-state index contributed by atoms with van der Waals surface area (Å²) < 4.78 is 38.8. The molecule has 19 heavy (non-hydrogen) atoms. The van der Waals surface area contributed by atoms with E-state index in [1.54, 1.807) is 0 Å². The highest BCUT2D eigenvalue weighted by Crippen LogP contribution is 2.26. The minimum absolute atomic E-state index is 0.0277. The maximum Gasteiger partial charge on any atom is 0.307 e. The molecule has 0 saturated carbocycles. The van der Waals surface area contributed by atoms with Crippen LogP contribution in [-0.2, 0) is 14.8 Å². The van der Waals surface area contributed by atoms with Gasteiger partial charge < -0.3 is 5.11 Å². The smallest absolute Gasteiger partial charge is 0.307 e. The van der Waals surface area contributed by atoms with E-state index in [1.807, 2.05) is 0 Å². The largest absolute Gasteiger partial charge is 0.481 e. The molecule has 1 fully saturated rings. The molecular weight excluding hydrogens is 273 g/mol. The Hall–Kier alpha value is -1.47. The van der Waals surface area contributed by atoms with Crippen LogP contribution in [0.15, 0.2) is 23.1 Å². The Morgan fingerprint density at radius 2 is 2.16 bits per heavy atom. The first kappa shape index (κ1) is 14.0. The molecule has 0 radical (unpaired) electrons. The van der Waals surface area contributed by atoms with Crippen LogP contribution in [0.25, 0.3) is 0 Å². The SMILES string of the molecule is Cc1cc(F)ccc1S(=O)(=O)N1CC[C@H](C(=O)O)C1. The summed E-state index contributed by atoms with van der Waals surface area (Å²) in [6.45, 7) is 1.66. The van der Waals surface area contributed by atoms with Crippen molar-refractivity contribution in [3.8, 4) is 0 Å². The Labute approximate surface area is 110 Å². The van der Waals surface area contributed by atoms with Crippen molar-refractivity contribution in [1.82, 2.24) is 4.31 Å². The lowest BCUT2D eigenvalue weighted by molar-refractivity contribution is -0.141. The molecule has 1 atom stereocenters. The molecule has 1 aliphatic heterocycles. The van der Waals surface area contributed by atoms with E-state index in [1.165, 1.54) is 13.0 Å². The molecule has 5 nitrogen and oxygen atoms in total. The highest BCUT2D eigenvalue weighted by Gasteiger charge is 2.36. The van der Waals surface area contributed by atoms with Gasteiger partial charge in [-0.25, -0.2) is 12.8 Å². The first-order chi connectivity index (χ1) is 8.82. The molecule has 0 spiro atoms. The predicted octanol–water partition coefficient (Wildman–Crippen LogP) is 1.23. The number of benzene rings is 1. The Morgan fingerprint density at radius 3 is 2.68 bits per heavy atom. The van der Waals surface area contributed by atoms with Crippen LogP contribution in [0.3, 0.4) is 0 Å². The van der Waals surface area contributed by atoms with Crippen LogP contribution in [0.4, 0.5) is 4.39 Å². The molecule has 0 aromatic heterocycles. The fraction of sp³-hybridized carbons (Fsp3) is 0.417. The number of carboxylic acids is 1. The summed E-state index contributed by atoms with van der Waals surface area (Å²) >= 11 is 0. The lowest BCUT2D eigenvalue weighted by Gasteiger charge is -2.17. The minimum atomic E-state index is -3.75. The second-order valence-electron chi connectivity index (χ2n) is 4.60. The van der Waals surface area contributed by atoms with E-state index in [4.69, 9.17) is 5.11 Å². The molecule has 0 amide bonds. The summed E-state index contributed by atoms with van der Waals surface area (Å²) in [5.74, 6) is -2.16. The highest BCUT2D eigenvalue weighted by atomic mass is 32.2. The predicted molar refractivity (Wildman–Crippen MR) is 65.6 cm³/mol. The lowest BCUT2D eigenvalue weighted by atomic mass is 10.1. The number of hydrogen-bond acceptors (Lipinski definition) is 3.